The summed E-state index contributed by atoms with van der Waals surface area (Å²) >= 11 is 0. The molecule has 0 heterocycles. The summed E-state index contributed by atoms with van der Waals surface area (Å²) in [7, 11) is 3.70. The lowest BCUT2D eigenvalue weighted by Gasteiger charge is -2.13. The lowest BCUT2D eigenvalue weighted by molar-refractivity contribution is 0.103. The fraction of sp³-hybridized carbons (Fsp3) is 0.133. The summed E-state index contributed by atoms with van der Waals surface area (Å²) in [5, 5.41) is 0. The molecule has 0 radical (unpaired) electrons. The van der Waals surface area contributed by atoms with Crippen LogP contribution in [0, 0.1) is 11.6 Å². The van der Waals surface area contributed by atoms with Crippen LogP contribution in [-0.2, 0) is 0 Å². The quantitative estimate of drug-likeness (QED) is 0.790. The van der Waals surface area contributed by atoms with E-state index < -0.39 is 17.4 Å². The van der Waals surface area contributed by atoms with Gasteiger partial charge in [0.05, 0.1) is 5.56 Å². The highest BCUT2D eigenvalue weighted by atomic mass is 19.1. The molecule has 2 rings (SSSR count). The molecule has 0 N–H and O–H groups in total. The Balaban J connectivity index is 2.41. The van der Waals surface area contributed by atoms with Crippen molar-refractivity contribution in [3.05, 3.63) is 65.2 Å². The van der Waals surface area contributed by atoms with Crippen LogP contribution in [0.5, 0.6) is 0 Å². The van der Waals surface area contributed by atoms with Crippen LogP contribution in [0.4, 0.5) is 14.5 Å². The van der Waals surface area contributed by atoms with Crippen LogP contribution < -0.4 is 4.90 Å². The molecule has 0 saturated carbocycles. The van der Waals surface area contributed by atoms with Crippen LogP contribution in [0.25, 0.3) is 0 Å². The summed E-state index contributed by atoms with van der Waals surface area (Å²) in [5.74, 6) is -2.00. The molecule has 0 aliphatic rings. The standard InChI is InChI=1S/C15H13F2NO/c1-18(2)12-5-3-4-10(8-12)15(19)13-7-6-11(16)9-14(13)17/h3-9H,1-2H3. The van der Waals surface area contributed by atoms with Gasteiger partial charge in [-0.25, -0.2) is 8.78 Å². The molecule has 19 heavy (non-hydrogen) atoms. The first-order valence-corrected chi connectivity index (χ1v) is 5.76. The number of benzene rings is 2. The smallest absolute Gasteiger partial charge is 0.196 e. The van der Waals surface area contributed by atoms with E-state index in [2.05, 4.69) is 0 Å². The van der Waals surface area contributed by atoms with Crippen LogP contribution in [0.1, 0.15) is 15.9 Å². The zero-order valence-electron chi connectivity index (χ0n) is 10.7. The third kappa shape index (κ3) is 2.78. The molecule has 2 aromatic carbocycles. The molecule has 0 aromatic heterocycles. The normalized spacial score (nSPS) is 10.3. The molecular formula is C15H13F2NO. The highest BCUT2D eigenvalue weighted by molar-refractivity contribution is 6.09. The number of carbonyl (C=O) groups is 1. The summed E-state index contributed by atoms with van der Waals surface area (Å²) in [6.45, 7) is 0. The van der Waals surface area contributed by atoms with Crippen molar-refractivity contribution in [3.63, 3.8) is 0 Å². The zero-order valence-corrected chi connectivity index (χ0v) is 10.7. The predicted octanol–water partition coefficient (Wildman–Crippen LogP) is 3.26. The first-order valence-electron chi connectivity index (χ1n) is 5.76. The van der Waals surface area contributed by atoms with Crippen LogP contribution in [0.2, 0.25) is 0 Å². The topological polar surface area (TPSA) is 20.3 Å². The first kappa shape index (κ1) is 13.2. The van der Waals surface area contributed by atoms with Crippen LogP contribution in [-0.4, -0.2) is 19.9 Å². The molecule has 0 unspecified atom stereocenters. The SMILES string of the molecule is CN(C)c1cccc(C(=O)c2ccc(F)cc2F)c1. The van der Waals surface area contributed by atoms with Gasteiger partial charge in [-0.1, -0.05) is 12.1 Å². The van der Waals surface area contributed by atoms with E-state index in [1.54, 1.807) is 18.2 Å². The second-order valence-electron chi connectivity index (χ2n) is 4.40. The maximum atomic E-state index is 13.6. The van der Waals surface area contributed by atoms with Gasteiger partial charge in [0.25, 0.3) is 0 Å². The first-order chi connectivity index (χ1) is 8.99. The largest absolute Gasteiger partial charge is 0.378 e. The van der Waals surface area contributed by atoms with E-state index >= 15 is 0 Å². The highest BCUT2D eigenvalue weighted by Crippen LogP contribution is 2.19. The fourth-order valence-corrected chi connectivity index (χ4v) is 1.75. The molecule has 4 heteroatoms. The van der Waals surface area contributed by atoms with E-state index in [1.807, 2.05) is 25.1 Å². The monoisotopic (exact) mass is 261 g/mol. The molecule has 98 valence electrons. The van der Waals surface area contributed by atoms with Crippen molar-refractivity contribution in [2.24, 2.45) is 0 Å². The van der Waals surface area contributed by atoms with Crippen molar-refractivity contribution < 1.29 is 13.6 Å². The number of carbonyl (C=O) groups excluding carboxylic acids is 1. The number of rotatable bonds is 3. The Hall–Kier alpha value is -2.23. The number of ketones is 1. The lowest BCUT2D eigenvalue weighted by Crippen LogP contribution is -2.10. The number of hydrogen-bond donors (Lipinski definition) is 0. The Morgan fingerprint density at radius 2 is 1.79 bits per heavy atom. The van der Waals surface area contributed by atoms with Crippen molar-refractivity contribution in [2.75, 3.05) is 19.0 Å². The van der Waals surface area contributed by atoms with Gasteiger partial charge in [-0.05, 0) is 24.3 Å². The number of hydrogen-bond acceptors (Lipinski definition) is 2. The Morgan fingerprint density at radius 3 is 2.42 bits per heavy atom. The Bertz CT molecular complexity index is 623. The van der Waals surface area contributed by atoms with Gasteiger partial charge in [-0.15, -0.1) is 0 Å². The van der Waals surface area contributed by atoms with Gasteiger partial charge in [0, 0.05) is 31.4 Å². The van der Waals surface area contributed by atoms with E-state index in [1.165, 1.54) is 0 Å². The molecule has 2 nitrogen and oxygen atoms in total. The van der Waals surface area contributed by atoms with Crippen LogP contribution in [0.3, 0.4) is 0 Å². The van der Waals surface area contributed by atoms with E-state index in [0.29, 0.717) is 11.6 Å². The van der Waals surface area contributed by atoms with Crippen LogP contribution in [0.15, 0.2) is 42.5 Å². The van der Waals surface area contributed by atoms with Gasteiger partial charge < -0.3 is 4.90 Å². The molecule has 0 amide bonds. The van der Waals surface area contributed by atoms with Gasteiger partial charge >= 0.3 is 0 Å². The number of anilines is 1. The van der Waals surface area contributed by atoms with Crippen molar-refractivity contribution in [3.8, 4) is 0 Å². The number of halogens is 2. The third-order valence-corrected chi connectivity index (χ3v) is 2.80. The van der Waals surface area contributed by atoms with Crippen molar-refractivity contribution >= 4 is 11.5 Å². The molecule has 0 fully saturated rings. The Kier molecular flexibility index (Phi) is 3.60. The van der Waals surface area contributed by atoms with Gasteiger partial charge in [0.15, 0.2) is 5.78 Å². The molecule has 0 saturated heterocycles. The molecule has 0 aliphatic heterocycles. The molecule has 0 bridgehead atoms. The van der Waals surface area contributed by atoms with Gasteiger partial charge in [-0.2, -0.15) is 0 Å². The Morgan fingerprint density at radius 1 is 1.05 bits per heavy atom. The summed E-state index contributed by atoms with van der Waals surface area (Å²) in [4.78, 5) is 14.0. The Labute approximate surface area is 110 Å². The molecule has 0 atom stereocenters. The van der Waals surface area contributed by atoms with E-state index in [9.17, 15) is 13.6 Å². The van der Waals surface area contributed by atoms with E-state index in [4.69, 9.17) is 0 Å². The maximum absolute atomic E-state index is 13.6. The average molecular weight is 261 g/mol. The predicted molar refractivity (Wildman–Crippen MR) is 70.6 cm³/mol. The van der Waals surface area contributed by atoms with E-state index in [0.717, 1.165) is 17.8 Å². The van der Waals surface area contributed by atoms with Crippen molar-refractivity contribution in [2.45, 2.75) is 0 Å². The minimum atomic E-state index is -0.847. The third-order valence-electron chi connectivity index (χ3n) is 2.80. The van der Waals surface area contributed by atoms with Gasteiger partial charge in [-0.3, -0.25) is 4.79 Å². The molecule has 0 aliphatic carbocycles. The lowest BCUT2D eigenvalue weighted by atomic mass is 10.0. The number of nitrogens with zero attached hydrogens (tertiary/aromatic N) is 1. The zero-order chi connectivity index (χ0) is 14.0. The fourth-order valence-electron chi connectivity index (χ4n) is 1.75. The second-order valence-corrected chi connectivity index (χ2v) is 4.40. The second kappa shape index (κ2) is 5.18. The van der Waals surface area contributed by atoms with E-state index in [-0.39, 0.29) is 5.56 Å². The van der Waals surface area contributed by atoms with Crippen molar-refractivity contribution in [1.82, 2.24) is 0 Å². The average Bonchev–Trinajstić information content (AvgIpc) is 2.38. The summed E-state index contributed by atoms with van der Waals surface area (Å²) in [5.41, 5.74) is 1.09. The molecule has 2 aromatic rings. The summed E-state index contributed by atoms with van der Waals surface area (Å²) in [6, 6.07) is 9.80. The summed E-state index contributed by atoms with van der Waals surface area (Å²) < 4.78 is 26.4. The van der Waals surface area contributed by atoms with Gasteiger partial charge in [0.2, 0.25) is 0 Å². The maximum Gasteiger partial charge on any atom is 0.196 e. The molecule has 0 spiro atoms. The van der Waals surface area contributed by atoms with Crippen molar-refractivity contribution in [1.29, 1.82) is 0 Å². The summed E-state index contributed by atoms with van der Waals surface area (Å²) in [6.07, 6.45) is 0. The minimum absolute atomic E-state index is 0.127. The van der Waals surface area contributed by atoms with Crippen LogP contribution >= 0.6 is 0 Å². The highest BCUT2D eigenvalue weighted by Gasteiger charge is 2.15. The molecular weight excluding hydrogens is 248 g/mol. The van der Waals surface area contributed by atoms with Gasteiger partial charge in [0.1, 0.15) is 11.6 Å². The minimum Gasteiger partial charge on any atom is -0.378 e.